The van der Waals surface area contributed by atoms with Gasteiger partial charge < -0.3 is 19.7 Å². The van der Waals surface area contributed by atoms with Crippen molar-refractivity contribution in [1.29, 1.82) is 0 Å². The number of carbonyl (C=O) groups is 1. The Hall–Kier alpha value is -2.62. The van der Waals surface area contributed by atoms with E-state index in [0.29, 0.717) is 50.6 Å². The Kier molecular flexibility index (Phi) is 6.68. The predicted octanol–water partition coefficient (Wildman–Crippen LogP) is 2.56. The average Bonchev–Trinajstić information content (AvgIpc) is 2.79. The number of fused-ring (bicyclic) bond motifs is 1. The first kappa shape index (κ1) is 22.6. The van der Waals surface area contributed by atoms with Gasteiger partial charge in [0.05, 0.1) is 4.90 Å². The Balaban J connectivity index is 1.34. The van der Waals surface area contributed by atoms with Gasteiger partial charge in [0.1, 0.15) is 13.2 Å². The summed E-state index contributed by atoms with van der Waals surface area (Å²) in [6.45, 7) is 2.29. The summed E-state index contributed by atoms with van der Waals surface area (Å²) in [7, 11) is 0.364. The van der Waals surface area contributed by atoms with Gasteiger partial charge in [-0.3, -0.25) is 4.79 Å². The van der Waals surface area contributed by atoms with Gasteiger partial charge in [0, 0.05) is 37.3 Å². The highest BCUT2D eigenvalue weighted by atomic mass is 32.2. The Labute approximate surface area is 189 Å². The van der Waals surface area contributed by atoms with E-state index in [1.54, 1.807) is 12.1 Å². The van der Waals surface area contributed by atoms with E-state index in [2.05, 4.69) is 10.2 Å². The van der Waals surface area contributed by atoms with E-state index in [1.807, 2.05) is 38.4 Å². The van der Waals surface area contributed by atoms with E-state index in [9.17, 15) is 13.2 Å². The number of carbonyl (C=O) groups excluding carboxylic acids is 1. The monoisotopic (exact) mass is 459 g/mol. The number of ether oxygens (including phenoxy) is 2. The van der Waals surface area contributed by atoms with Crippen LogP contribution in [0.25, 0.3) is 0 Å². The molecule has 32 heavy (non-hydrogen) atoms. The third-order valence-electron chi connectivity index (χ3n) is 5.70. The predicted molar refractivity (Wildman–Crippen MR) is 121 cm³/mol. The smallest absolute Gasteiger partial charge is 0.243 e. The second kappa shape index (κ2) is 9.48. The average molecular weight is 460 g/mol. The summed E-state index contributed by atoms with van der Waals surface area (Å²) < 4.78 is 38.6. The fourth-order valence-electron chi connectivity index (χ4n) is 3.99. The van der Waals surface area contributed by atoms with Crippen molar-refractivity contribution in [2.24, 2.45) is 5.92 Å². The van der Waals surface area contributed by atoms with Crippen LogP contribution < -0.4 is 14.8 Å². The van der Waals surface area contributed by atoms with E-state index in [4.69, 9.17) is 9.47 Å². The second-order valence-corrected chi connectivity index (χ2v) is 10.3. The van der Waals surface area contributed by atoms with Crippen molar-refractivity contribution < 1.29 is 22.7 Å². The maximum absolute atomic E-state index is 13.1. The van der Waals surface area contributed by atoms with Crippen molar-refractivity contribution in [1.82, 2.24) is 9.21 Å². The molecule has 172 valence electrons. The number of piperidine rings is 1. The summed E-state index contributed by atoms with van der Waals surface area (Å²) in [6.07, 6.45) is 0.961. The number of hydrogen-bond acceptors (Lipinski definition) is 6. The van der Waals surface area contributed by atoms with Gasteiger partial charge in [0.2, 0.25) is 15.9 Å². The van der Waals surface area contributed by atoms with Crippen molar-refractivity contribution in [3.05, 3.63) is 48.0 Å². The maximum atomic E-state index is 13.1. The molecule has 2 aliphatic heterocycles. The van der Waals surface area contributed by atoms with Crippen molar-refractivity contribution in [3.8, 4) is 11.5 Å². The molecule has 2 aliphatic rings. The standard InChI is InChI=1S/C23H29N3O5S/c1-25(2)16-17-3-5-19(6-4-17)24-23(27)18-9-11-26(12-10-18)32(28,29)20-7-8-21-22(15-20)31-14-13-30-21/h3-8,15,18H,9-14,16H2,1-2H3,(H,24,27). The van der Waals surface area contributed by atoms with Gasteiger partial charge in [-0.05, 0) is 56.8 Å². The number of nitrogens with zero attached hydrogens (tertiary/aromatic N) is 2. The highest BCUT2D eigenvalue weighted by Crippen LogP contribution is 2.34. The minimum atomic E-state index is -3.66. The lowest BCUT2D eigenvalue weighted by atomic mass is 9.97. The molecule has 0 spiro atoms. The summed E-state index contributed by atoms with van der Waals surface area (Å²) >= 11 is 0. The number of hydrogen-bond donors (Lipinski definition) is 1. The third kappa shape index (κ3) is 5.06. The van der Waals surface area contributed by atoms with E-state index in [-0.39, 0.29) is 16.7 Å². The molecule has 8 nitrogen and oxygen atoms in total. The normalized spacial score (nSPS) is 17.3. The SMILES string of the molecule is CN(C)Cc1ccc(NC(=O)C2CCN(S(=O)(=O)c3ccc4c(c3)OCCO4)CC2)cc1. The van der Waals surface area contributed by atoms with E-state index in [0.717, 1.165) is 12.2 Å². The van der Waals surface area contributed by atoms with Gasteiger partial charge in [-0.1, -0.05) is 12.1 Å². The summed E-state index contributed by atoms with van der Waals surface area (Å²) in [5.41, 5.74) is 1.93. The number of anilines is 1. The van der Waals surface area contributed by atoms with Crippen LogP contribution in [0.15, 0.2) is 47.4 Å². The molecule has 0 atom stereocenters. The fourth-order valence-corrected chi connectivity index (χ4v) is 5.48. The highest BCUT2D eigenvalue weighted by Gasteiger charge is 2.33. The van der Waals surface area contributed by atoms with Crippen LogP contribution >= 0.6 is 0 Å². The van der Waals surface area contributed by atoms with Crippen LogP contribution in [0.1, 0.15) is 18.4 Å². The largest absolute Gasteiger partial charge is 0.486 e. The van der Waals surface area contributed by atoms with E-state index < -0.39 is 10.0 Å². The molecule has 2 aromatic carbocycles. The van der Waals surface area contributed by atoms with Gasteiger partial charge in [0.25, 0.3) is 0 Å². The second-order valence-electron chi connectivity index (χ2n) is 8.41. The zero-order valence-corrected chi connectivity index (χ0v) is 19.2. The Morgan fingerprint density at radius 3 is 2.34 bits per heavy atom. The molecule has 2 aromatic rings. The van der Waals surface area contributed by atoms with Gasteiger partial charge in [-0.15, -0.1) is 0 Å². The van der Waals surface area contributed by atoms with Crippen LogP contribution in [-0.2, 0) is 21.4 Å². The van der Waals surface area contributed by atoms with Gasteiger partial charge in [-0.2, -0.15) is 4.31 Å². The van der Waals surface area contributed by atoms with Gasteiger partial charge >= 0.3 is 0 Å². The fraction of sp³-hybridized carbons (Fsp3) is 0.435. The third-order valence-corrected chi connectivity index (χ3v) is 7.59. The molecule has 1 saturated heterocycles. The van der Waals surface area contributed by atoms with Gasteiger partial charge in [0.15, 0.2) is 11.5 Å². The summed E-state index contributed by atoms with van der Waals surface area (Å²) in [4.78, 5) is 15.0. The number of sulfonamides is 1. The van der Waals surface area contributed by atoms with Crippen molar-refractivity contribution in [2.45, 2.75) is 24.3 Å². The van der Waals surface area contributed by atoms with Crippen LogP contribution in [-0.4, -0.2) is 63.9 Å². The molecule has 0 unspecified atom stereocenters. The van der Waals surface area contributed by atoms with Crippen molar-refractivity contribution >= 4 is 21.6 Å². The molecule has 1 N–H and O–H groups in total. The first-order valence-corrected chi connectivity index (χ1v) is 12.2. The molecule has 0 aliphatic carbocycles. The van der Waals surface area contributed by atoms with E-state index in [1.165, 1.54) is 15.9 Å². The summed E-state index contributed by atoms with van der Waals surface area (Å²) in [5.74, 6) is 0.716. The Morgan fingerprint density at radius 2 is 1.69 bits per heavy atom. The molecule has 2 heterocycles. The number of rotatable bonds is 6. The van der Waals surface area contributed by atoms with Crippen molar-refractivity contribution in [2.75, 3.05) is 45.7 Å². The Morgan fingerprint density at radius 1 is 1.03 bits per heavy atom. The van der Waals surface area contributed by atoms with Gasteiger partial charge in [-0.25, -0.2) is 8.42 Å². The minimum absolute atomic E-state index is 0.0678. The molecule has 0 radical (unpaired) electrons. The highest BCUT2D eigenvalue weighted by molar-refractivity contribution is 7.89. The molecule has 0 aromatic heterocycles. The number of nitrogens with one attached hydrogen (secondary N) is 1. The summed E-state index contributed by atoms with van der Waals surface area (Å²) in [6, 6.07) is 12.5. The molecular formula is C23H29N3O5S. The molecule has 9 heteroatoms. The van der Waals surface area contributed by atoms with Crippen molar-refractivity contribution in [3.63, 3.8) is 0 Å². The summed E-state index contributed by atoms with van der Waals surface area (Å²) in [5, 5.41) is 2.96. The quantitative estimate of drug-likeness (QED) is 0.714. The van der Waals surface area contributed by atoms with Crippen LogP contribution in [0, 0.1) is 5.92 Å². The number of amides is 1. The lowest BCUT2D eigenvalue weighted by Crippen LogP contribution is -2.41. The van der Waals surface area contributed by atoms with E-state index >= 15 is 0 Å². The molecular weight excluding hydrogens is 430 g/mol. The number of benzene rings is 2. The topological polar surface area (TPSA) is 88.2 Å². The zero-order chi connectivity index (χ0) is 22.7. The Bertz CT molecular complexity index is 1060. The molecule has 1 amide bonds. The van der Waals surface area contributed by atoms with Crippen LogP contribution in [0.4, 0.5) is 5.69 Å². The van der Waals surface area contributed by atoms with Crippen LogP contribution in [0.2, 0.25) is 0 Å². The lowest BCUT2D eigenvalue weighted by molar-refractivity contribution is -0.120. The van der Waals surface area contributed by atoms with Crippen LogP contribution in [0.5, 0.6) is 11.5 Å². The molecule has 0 bridgehead atoms. The minimum Gasteiger partial charge on any atom is -0.486 e. The molecule has 4 rings (SSSR count). The first-order chi connectivity index (χ1) is 15.3. The lowest BCUT2D eigenvalue weighted by Gasteiger charge is -2.31. The zero-order valence-electron chi connectivity index (χ0n) is 18.4. The molecule has 0 saturated carbocycles. The van der Waals surface area contributed by atoms with Crippen LogP contribution in [0.3, 0.4) is 0 Å². The molecule has 1 fully saturated rings. The first-order valence-electron chi connectivity index (χ1n) is 10.8. The maximum Gasteiger partial charge on any atom is 0.243 e.